The zero-order valence-corrected chi connectivity index (χ0v) is 11.3. The topological polar surface area (TPSA) is 50.4 Å². The molecule has 0 aliphatic carbocycles. The van der Waals surface area contributed by atoms with Gasteiger partial charge in [0.25, 0.3) is 0 Å². The number of para-hydroxylation sites is 1. The summed E-state index contributed by atoms with van der Waals surface area (Å²) in [6, 6.07) is 13.8. The molecule has 2 aromatic rings. The number of benzene rings is 2. The molecular weight excluding hydrogens is 258 g/mol. The van der Waals surface area contributed by atoms with Crippen molar-refractivity contribution >= 4 is 23.1 Å². The summed E-state index contributed by atoms with van der Waals surface area (Å²) < 4.78 is 0. The maximum Gasteiger partial charge on any atom is 0.148 e. The zero-order chi connectivity index (χ0) is 13.4. The lowest BCUT2D eigenvalue weighted by atomic mass is 10.1. The molecule has 1 aliphatic rings. The van der Waals surface area contributed by atoms with Crippen LogP contribution in [0.3, 0.4) is 0 Å². The summed E-state index contributed by atoms with van der Waals surface area (Å²) in [4.78, 5) is 4.48. The van der Waals surface area contributed by atoms with Crippen molar-refractivity contribution in [1.29, 1.82) is 0 Å². The van der Waals surface area contributed by atoms with Crippen LogP contribution in [0.4, 0.5) is 5.69 Å². The quantitative estimate of drug-likeness (QED) is 0.834. The summed E-state index contributed by atoms with van der Waals surface area (Å²) in [7, 11) is 0. The molecule has 0 saturated carbocycles. The van der Waals surface area contributed by atoms with E-state index in [1.165, 1.54) is 0 Å². The third kappa shape index (κ3) is 2.17. The van der Waals surface area contributed by atoms with Crippen LogP contribution in [-0.4, -0.2) is 5.84 Å². The van der Waals surface area contributed by atoms with Gasteiger partial charge >= 0.3 is 0 Å². The Hall–Kier alpha value is -2.00. The minimum atomic E-state index is -0.233. The van der Waals surface area contributed by atoms with Crippen LogP contribution in [0.5, 0.6) is 0 Å². The Bertz CT molecular complexity index is 664. The molecular formula is C15H14ClN3. The van der Waals surface area contributed by atoms with Crippen molar-refractivity contribution in [1.82, 2.24) is 0 Å². The second-order valence-electron chi connectivity index (χ2n) is 4.63. The minimum Gasteiger partial charge on any atom is -0.383 e. The highest BCUT2D eigenvalue weighted by molar-refractivity contribution is 6.31. The van der Waals surface area contributed by atoms with Gasteiger partial charge in [-0.3, -0.25) is 0 Å². The number of aliphatic imine (C=N–C) groups is 1. The molecule has 1 aliphatic heterocycles. The van der Waals surface area contributed by atoms with Gasteiger partial charge < -0.3 is 11.1 Å². The zero-order valence-electron chi connectivity index (χ0n) is 10.5. The summed E-state index contributed by atoms with van der Waals surface area (Å²) in [5.41, 5.74) is 10.00. The maximum atomic E-state index is 6.29. The number of hydrogen-bond donors (Lipinski definition) is 2. The molecule has 2 aromatic carbocycles. The molecule has 3 rings (SSSR count). The lowest BCUT2D eigenvalue weighted by Crippen LogP contribution is -2.25. The first-order valence-corrected chi connectivity index (χ1v) is 6.48. The molecule has 0 spiro atoms. The highest BCUT2D eigenvalue weighted by Crippen LogP contribution is 2.32. The summed E-state index contributed by atoms with van der Waals surface area (Å²) in [5, 5.41) is 4.05. The van der Waals surface area contributed by atoms with Gasteiger partial charge in [0, 0.05) is 21.8 Å². The van der Waals surface area contributed by atoms with Gasteiger partial charge in [0.15, 0.2) is 0 Å². The predicted octanol–water partition coefficient (Wildman–Crippen LogP) is 3.48. The average molecular weight is 272 g/mol. The number of nitrogens with one attached hydrogen (secondary N) is 1. The van der Waals surface area contributed by atoms with E-state index in [1.54, 1.807) is 0 Å². The number of fused-ring (bicyclic) bond motifs is 1. The van der Waals surface area contributed by atoms with E-state index in [-0.39, 0.29) is 6.17 Å². The molecule has 0 fully saturated rings. The van der Waals surface area contributed by atoms with Crippen molar-refractivity contribution in [2.45, 2.75) is 13.1 Å². The number of aryl methyl sites for hydroxylation is 1. The first kappa shape index (κ1) is 12.1. The van der Waals surface area contributed by atoms with Crippen LogP contribution >= 0.6 is 11.6 Å². The predicted molar refractivity (Wildman–Crippen MR) is 79.7 cm³/mol. The van der Waals surface area contributed by atoms with Gasteiger partial charge in [-0.1, -0.05) is 35.9 Å². The minimum absolute atomic E-state index is 0.233. The Morgan fingerprint density at radius 1 is 1.21 bits per heavy atom. The fourth-order valence-electron chi connectivity index (χ4n) is 2.22. The monoisotopic (exact) mass is 271 g/mol. The first-order valence-electron chi connectivity index (χ1n) is 6.10. The van der Waals surface area contributed by atoms with E-state index in [1.807, 2.05) is 49.4 Å². The van der Waals surface area contributed by atoms with Gasteiger partial charge in [-0.15, -0.1) is 0 Å². The molecule has 3 N–H and O–H groups in total. The Balaban J connectivity index is 2.03. The lowest BCUT2D eigenvalue weighted by Gasteiger charge is -2.25. The molecule has 96 valence electrons. The Morgan fingerprint density at radius 2 is 2.00 bits per heavy atom. The molecule has 0 amide bonds. The number of anilines is 1. The summed E-state index contributed by atoms with van der Waals surface area (Å²) in [6.45, 7) is 2.01. The SMILES string of the molecule is Cc1ccc(C2N=C(N)c3ccccc3N2)c(Cl)c1. The van der Waals surface area contributed by atoms with Gasteiger partial charge in [0.05, 0.1) is 0 Å². The third-order valence-electron chi connectivity index (χ3n) is 3.21. The Morgan fingerprint density at radius 3 is 2.79 bits per heavy atom. The van der Waals surface area contributed by atoms with E-state index in [9.17, 15) is 0 Å². The van der Waals surface area contributed by atoms with Crippen LogP contribution in [0.25, 0.3) is 0 Å². The van der Waals surface area contributed by atoms with Gasteiger partial charge in [0.1, 0.15) is 12.0 Å². The Kier molecular flexibility index (Phi) is 2.91. The second-order valence-corrected chi connectivity index (χ2v) is 5.04. The van der Waals surface area contributed by atoms with Crippen molar-refractivity contribution in [2.75, 3.05) is 5.32 Å². The van der Waals surface area contributed by atoms with Crippen LogP contribution < -0.4 is 11.1 Å². The summed E-state index contributed by atoms with van der Waals surface area (Å²) in [6.07, 6.45) is -0.233. The highest BCUT2D eigenvalue weighted by Gasteiger charge is 2.21. The fourth-order valence-corrected chi connectivity index (χ4v) is 2.56. The lowest BCUT2D eigenvalue weighted by molar-refractivity contribution is 0.825. The molecule has 1 atom stereocenters. The number of rotatable bonds is 1. The van der Waals surface area contributed by atoms with Gasteiger partial charge in [-0.2, -0.15) is 0 Å². The van der Waals surface area contributed by atoms with E-state index >= 15 is 0 Å². The summed E-state index contributed by atoms with van der Waals surface area (Å²) in [5.74, 6) is 0.538. The van der Waals surface area contributed by atoms with Gasteiger partial charge in [0.2, 0.25) is 0 Å². The van der Waals surface area contributed by atoms with E-state index in [2.05, 4.69) is 10.3 Å². The van der Waals surface area contributed by atoms with Crippen LogP contribution in [0, 0.1) is 6.92 Å². The summed E-state index contributed by atoms with van der Waals surface area (Å²) >= 11 is 6.29. The highest BCUT2D eigenvalue weighted by atomic mass is 35.5. The van der Waals surface area contributed by atoms with Crippen molar-refractivity contribution in [3.8, 4) is 0 Å². The third-order valence-corrected chi connectivity index (χ3v) is 3.54. The normalized spacial score (nSPS) is 17.4. The smallest absolute Gasteiger partial charge is 0.148 e. The first-order chi connectivity index (χ1) is 9.15. The van der Waals surface area contributed by atoms with Crippen LogP contribution in [-0.2, 0) is 0 Å². The van der Waals surface area contributed by atoms with E-state index < -0.39 is 0 Å². The number of halogens is 1. The van der Waals surface area contributed by atoms with Crippen LogP contribution in [0.15, 0.2) is 47.5 Å². The van der Waals surface area contributed by atoms with Crippen molar-refractivity contribution < 1.29 is 0 Å². The molecule has 3 nitrogen and oxygen atoms in total. The van der Waals surface area contributed by atoms with E-state index in [4.69, 9.17) is 17.3 Å². The second kappa shape index (κ2) is 4.59. The largest absolute Gasteiger partial charge is 0.383 e. The molecule has 0 bridgehead atoms. The van der Waals surface area contributed by atoms with Crippen molar-refractivity contribution in [2.24, 2.45) is 10.7 Å². The fraction of sp³-hybridized carbons (Fsp3) is 0.133. The number of nitrogens with zero attached hydrogens (tertiary/aromatic N) is 1. The molecule has 0 radical (unpaired) electrons. The standard InChI is InChI=1S/C15H14ClN3/c1-9-6-7-10(12(16)8-9)15-18-13-5-3-2-4-11(13)14(17)19-15/h2-8,15,18H,1H3,(H2,17,19). The van der Waals surface area contributed by atoms with Crippen LogP contribution in [0.2, 0.25) is 5.02 Å². The van der Waals surface area contributed by atoms with E-state index in [0.29, 0.717) is 10.9 Å². The number of nitrogens with two attached hydrogens (primary N) is 1. The van der Waals surface area contributed by atoms with Gasteiger partial charge in [-0.25, -0.2) is 4.99 Å². The molecule has 19 heavy (non-hydrogen) atoms. The molecule has 0 aromatic heterocycles. The molecule has 1 unspecified atom stereocenters. The Labute approximate surface area is 117 Å². The van der Waals surface area contributed by atoms with Crippen molar-refractivity contribution in [3.05, 3.63) is 64.2 Å². The van der Waals surface area contributed by atoms with Gasteiger partial charge in [-0.05, 0) is 30.7 Å². The van der Waals surface area contributed by atoms with Crippen LogP contribution in [0.1, 0.15) is 22.9 Å². The molecule has 4 heteroatoms. The molecule has 0 saturated heterocycles. The molecule has 1 heterocycles. The number of amidine groups is 1. The average Bonchev–Trinajstić information content (AvgIpc) is 2.38. The number of hydrogen-bond acceptors (Lipinski definition) is 3. The maximum absolute atomic E-state index is 6.29. The van der Waals surface area contributed by atoms with E-state index in [0.717, 1.165) is 22.4 Å². The van der Waals surface area contributed by atoms with Crippen molar-refractivity contribution in [3.63, 3.8) is 0 Å².